The number of anilines is 2. The summed E-state index contributed by atoms with van der Waals surface area (Å²) in [7, 11) is 0. The smallest absolute Gasteiger partial charge is 0.255 e. The highest BCUT2D eigenvalue weighted by Gasteiger charge is 2.09. The first kappa shape index (κ1) is 18.5. The Morgan fingerprint density at radius 1 is 0.800 bits per heavy atom. The molecule has 0 aliphatic heterocycles. The average Bonchev–Trinajstić information content (AvgIpc) is 2.56. The van der Waals surface area contributed by atoms with Crippen LogP contribution in [0, 0.1) is 5.92 Å². The molecule has 0 radical (unpaired) electrons. The van der Waals surface area contributed by atoms with Gasteiger partial charge in [0.25, 0.3) is 5.91 Å². The third-order valence-corrected chi connectivity index (χ3v) is 3.42. The van der Waals surface area contributed by atoms with Crippen LogP contribution in [0.15, 0.2) is 48.5 Å². The molecule has 0 saturated heterocycles. The fourth-order valence-corrected chi connectivity index (χ4v) is 2.08. The van der Waals surface area contributed by atoms with E-state index in [2.05, 4.69) is 10.6 Å². The number of benzene rings is 2. The normalized spacial score (nSPS) is 10.6. The first-order valence-corrected chi connectivity index (χ1v) is 8.34. The molecular weight excluding hydrogens is 316 g/mol. The van der Waals surface area contributed by atoms with Crippen LogP contribution in [0.2, 0.25) is 0 Å². The first-order chi connectivity index (χ1) is 11.8. The van der Waals surface area contributed by atoms with Crippen molar-refractivity contribution in [1.29, 1.82) is 0 Å². The Morgan fingerprint density at radius 3 is 1.80 bits per heavy atom. The van der Waals surface area contributed by atoms with Gasteiger partial charge < -0.3 is 15.4 Å². The highest BCUT2D eigenvalue weighted by atomic mass is 16.5. The van der Waals surface area contributed by atoms with E-state index in [1.807, 2.05) is 27.7 Å². The maximum atomic E-state index is 12.3. The third-order valence-electron chi connectivity index (χ3n) is 3.42. The van der Waals surface area contributed by atoms with Crippen LogP contribution in [0.1, 0.15) is 38.1 Å². The predicted molar refractivity (Wildman–Crippen MR) is 100 cm³/mol. The molecule has 2 amide bonds. The molecule has 0 heterocycles. The summed E-state index contributed by atoms with van der Waals surface area (Å²) in [5, 5.41) is 5.64. The lowest BCUT2D eigenvalue weighted by Crippen LogP contribution is -2.17. The van der Waals surface area contributed by atoms with Gasteiger partial charge in [0.05, 0.1) is 6.10 Å². The van der Waals surface area contributed by atoms with E-state index in [-0.39, 0.29) is 23.8 Å². The summed E-state index contributed by atoms with van der Waals surface area (Å²) in [5.74, 6) is 0.411. The minimum absolute atomic E-state index is 0.0412. The molecule has 2 aromatic carbocycles. The third kappa shape index (κ3) is 5.64. The standard InChI is InChI=1S/C20H24N2O3/c1-13(2)19(23)21-16-7-9-17(10-8-16)22-20(24)15-5-11-18(12-6-15)25-14(3)4/h5-14H,1-4H3,(H,21,23)(H,22,24). The fraction of sp³-hybridized carbons (Fsp3) is 0.300. The van der Waals surface area contributed by atoms with Gasteiger partial charge in [0.2, 0.25) is 5.91 Å². The summed E-state index contributed by atoms with van der Waals surface area (Å²) in [5.41, 5.74) is 1.91. The van der Waals surface area contributed by atoms with Gasteiger partial charge in [-0.05, 0) is 62.4 Å². The van der Waals surface area contributed by atoms with Gasteiger partial charge in [0.15, 0.2) is 0 Å². The molecule has 0 fully saturated rings. The number of hydrogen-bond acceptors (Lipinski definition) is 3. The summed E-state index contributed by atoms with van der Waals surface area (Å²) in [6.45, 7) is 7.57. The molecule has 0 unspecified atom stereocenters. The van der Waals surface area contributed by atoms with E-state index in [0.717, 1.165) is 5.75 Å². The van der Waals surface area contributed by atoms with Crippen LogP contribution in [0.4, 0.5) is 11.4 Å². The number of amides is 2. The van der Waals surface area contributed by atoms with Gasteiger partial charge in [-0.1, -0.05) is 13.8 Å². The maximum Gasteiger partial charge on any atom is 0.255 e. The van der Waals surface area contributed by atoms with Gasteiger partial charge >= 0.3 is 0 Å². The van der Waals surface area contributed by atoms with E-state index in [1.165, 1.54) is 0 Å². The molecule has 25 heavy (non-hydrogen) atoms. The molecular formula is C20H24N2O3. The van der Waals surface area contributed by atoms with E-state index in [0.29, 0.717) is 16.9 Å². The van der Waals surface area contributed by atoms with Gasteiger partial charge in [0, 0.05) is 22.9 Å². The Labute approximate surface area is 148 Å². The average molecular weight is 340 g/mol. The number of ether oxygens (including phenoxy) is 1. The second-order valence-electron chi connectivity index (χ2n) is 6.37. The second kappa shape index (κ2) is 8.33. The number of hydrogen-bond donors (Lipinski definition) is 2. The van der Waals surface area contributed by atoms with E-state index in [9.17, 15) is 9.59 Å². The molecule has 0 aliphatic carbocycles. The molecule has 0 aromatic heterocycles. The van der Waals surface area contributed by atoms with E-state index in [4.69, 9.17) is 4.74 Å². The van der Waals surface area contributed by atoms with Crippen LogP contribution >= 0.6 is 0 Å². The van der Waals surface area contributed by atoms with Crippen molar-refractivity contribution in [3.8, 4) is 5.75 Å². The van der Waals surface area contributed by atoms with Crippen LogP contribution in [0.25, 0.3) is 0 Å². The quantitative estimate of drug-likeness (QED) is 0.823. The van der Waals surface area contributed by atoms with Crippen molar-refractivity contribution in [2.75, 3.05) is 10.6 Å². The molecule has 2 N–H and O–H groups in total. The van der Waals surface area contributed by atoms with Crippen LogP contribution in [-0.2, 0) is 4.79 Å². The summed E-state index contributed by atoms with van der Waals surface area (Å²) in [6, 6.07) is 14.0. The molecule has 0 saturated carbocycles. The number of nitrogens with one attached hydrogen (secondary N) is 2. The van der Waals surface area contributed by atoms with Crippen molar-refractivity contribution < 1.29 is 14.3 Å². The van der Waals surface area contributed by atoms with E-state index < -0.39 is 0 Å². The van der Waals surface area contributed by atoms with E-state index >= 15 is 0 Å². The maximum absolute atomic E-state index is 12.3. The SMILES string of the molecule is CC(C)Oc1ccc(C(=O)Nc2ccc(NC(=O)C(C)C)cc2)cc1. The Bertz CT molecular complexity index is 720. The lowest BCUT2D eigenvalue weighted by atomic mass is 10.2. The monoisotopic (exact) mass is 340 g/mol. The van der Waals surface area contributed by atoms with Crippen molar-refractivity contribution in [3.63, 3.8) is 0 Å². The minimum Gasteiger partial charge on any atom is -0.491 e. The van der Waals surface area contributed by atoms with Crippen LogP contribution in [-0.4, -0.2) is 17.9 Å². The van der Waals surface area contributed by atoms with Crippen molar-refractivity contribution >= 4 is 23.2 Å². The van der Waals surface area contributed by atoms with Crippen molar-refractivity contribution in [3.05, 3.63) is 54.1 Å². The molecule has 132 valence electrons. The van der Waals surface area contributed by atoms with Gasteiger partial charge in [-0.2, -0.15) is 0 Å². The highest BCUT2D eigenvalue weighted by Crippen LogP contribution is 2.17. The lowest BCUT2D eigenvalue weighted by Gasteiger charge is -2.11. The molecule has 0 aliphatic rings. The van der Waals surface area contributed by atoms with Crippen molar-refractivity contribution in [1.82, 2.24) is 0 Å². The summed E-state index contributed by atoms with van der Waals surface area (Å²) in [4.78, 5) is 23.9. The van der Waals surface area contributed by atoms with Gasteiger partial charge in [-0.25, -0.2) is 0 Å². The predicted octanol–water partition coefficient (Wildman–Crippen LogP) is 4.32. The minimum atomic E-state index is -0.199. The Hall–Kier alpha value is -2.82. The zero-order chi connectivity index (χ0) is 18.4. The van der Waals surface area contributed by atoms with Crippen molar-refractivity contribution in [2.24, 2.45) is 5.92 Å². The van der Waals surface area contributed by atoms with Crippen LogP contribution < -0.4 is 15.4 Å². The van der Waals surface area contributed by atoms with Gasteiger partial charge in [-0.15, -0.1) is 0 Å². The Balaban J connectivity index is 1.97. The van der Waals surface area contributed by atoms with Crippen LogP contribution in [0.3, 0.4) is 0 Å². The highest BCUT2D eigenvalue weighted by molar-refractivity contribution is 6.04. The number of rotatable bonds is 6. The van der Waals surface area contributed by atoms with Gasteiger partial charge in [0.1, 0.15) is 5.75 Å². The lowest BCUT2D eigenvalue weighted by molar-refractivity contribution is -0.118. The molecule has 0 atom stereocenters. The Kier molecular flexibility index (Phi) is 6.17. The zero-order valence-electron chi connectivity index (χ0n) is 15.0. The topological polar surface area (TPSA) is 67.4 Å². The molecule has 0 bridgehead atoms. The number of carbonyl (C=O) groups is 2. The number of carbonyl (C=O) groups excluding carboxylic acids is 2. The zero-order valence-corrected chi connectivity index (χ0v) is 15.0. The fourth-order valence-electron chi connectivity index (χ4n) is 2.08. The molecule has 2 aromatic rings. The summed E-state index contributed by atoms with van der Waals surface area (Å²) >= 11 is 0. The molecule has 5 heteroatoms. The molecule has 2 rings (SSSR count). The van der Waals surface area contributed by atoms with Crippen molar-refractivity contribution in [2.45, 2.75) is 33.8 Å². The molecule has 5 nitrogen and oxygen atoms in total. The second-order valence-corrected chi connectivity index (χ2v) is 6.37. The van der Waals surface area contributed by atoms with Crippen LogP contribution in [0.5, 0.6) is 5.75 Å². The largest absolute Gasteiger partial charge is 0.491 e. The van der Waals surface area contributed by atoms with Gasteiger partial charge in [-0.3, -0.25) is 9.59 Å². The van der Waals surface area contributed by atoms with E-state index in [1.54, 1.807) is 48.5 Å². The summed E-state index contributed by atoms with van der Waals surface area (Å²) in [6.07, 6.45) is 0.0920. The molecule has 0 spiro atoms. The first-order valence-electron chi connectivity index (χ1n) is 8.34. The Morgan fingerprint density at radius 2 is 1.32 bits per heavy atom. The summed E-state index contributed by atoms with van der Waals surface area (Å²) < 4.78 is 5.56.